The van der Waals surface area contributed by atoms with Crippen LogP contribution in [-0.2, 0) is 4.79 Å². The van der Waals surface area contributed by atoms with Crippen LogP contribution >= 0.6 is 23.2 Å². The quantitative estimate of drug-likeness (QED) is 0.857. The third-order valence-electron chi connectivity index (χ3n) is 2.21. The highest BCUT2D eigenvalue weighted by atomic mass is 35.5. The summed E-state index contributed by atoms with van der Waals surface area (Å²) in [4.78, 5) is 10.4. The molecule has 0 saturated heterocycles. The Balaban J connectivity index is 2.61. The van der Waals surface area contributed by atoms with E-state index in [1.54, 1.807) is 18.2 Å². The first-order chi connectivity index (χ1) is 7.50. The molecule has 0 saturated carbocycles. The van der Waals surface area contributed by atoms with Crippen LogP contribution in [0.1, 0.15) is 24.9 Å². The van der Waals surface area contributed by atoms with Crippen molar-refractivity contribution in [1.29, 1.82) is 0 Å². The molecular weight excluding hydrogens is 249 g/mol. The number of halogens is 2. The maximum atomic E-state index is 10.4. The van der Waals surface area contributed by atoms with E-state index in [2.05, 4.69) is 5.32 Å². The molecule has 3 nitrogen and oxygen atoms in total. The molecule has 0 heterocycles. The molecule has 0 aromatic heterocycles. The minimum absolute atomic E-state index is 0.0226. The number of hydrogen-bond donors (Lipinski definition) is 2. The average molecular weight is 262 g/mol. The Morgan fingerprint density at radius 3 is 2.81 bits per heavy atom. The molecule has 0 aliphatic rings. The van der Waals surface area contributed by atoms with Crippen LogP contribution in [-0.4, -0.2) is 17.6 Å². The van der Waals surface area contributed by atoms with Gasteiger partial charge < -0.3 is 10.4 Å². The van der Waals surface area contributed by atoms with Gasteiger partial charge in [-0.1, -0.05) is 23.2 Å². The van der Waals surface area contributed by atoms with Crippen molar-refractivity contribution < 1.29 is 9.90 Å². The molecule has 0 spiro atoms. The molecule has 1 aromatic carbocycles. The molecule has 16 heavy (non-hydrogen) atoms. The number of aliphatic carboxylic acids is 1. The summed E-state index contributed by atoms with van der Waals surface area (Å²) in [6.07, 6.45) is 0.0858. The van der Waals surface area contributed by atoms with Gasteiger partial charge in [0, 0.05) is 22.6 Å². The lowest BCUT2D eigenvalue weighted by atomic mass is 10.1. The smallest absolute Gasteiger partial charge is 0.304 e. The molecule has 1 aromatic rings. The molecule has 0 radical (unpaired) electrons. The molecule has 1 rings (SSSR count). The molecule has 88 valence electrons. The van der Waals surface area contributed by atoms with Crippen LogP contribution in [0.4, 0.5) is 0 Å². The monoisotopic (exact) mass is 261 g/mol. The molecule has 2 N–H and O–H groups in total. The zero-order chi connectivity index (χ0) is 12.1. The van der Waals surface area contributed by atoms with E-state index < -0.39 is 5.97 Å². The van der Waals surface area contributed by atoms with Crippen molar-refractivity contribution in [2.24, 2.45) is 0 Å². The van der Waals surface area contributed by atoms with Crippen LogP contribution < -0.4 is 5.32 Å². The summed E-state index contributed by atoms with van der Waals surface area (Å²) in [6, 6.07) is 5.21. The minimum atomic E-state index is -0.822. The average Bonchev–Trinajstić information content (AvgIpc) is 2.21. The van der Waals surface area contributed by atoms with E-state index in [0.29, 0.717) is 16.6 Å². The first-order valence-corrected chi connectivity index (χ1v) is 5.66. The summed E-state index contributed by atoms with van der Waals surface area (Å²) < 4.78 is 0. The SMILES string of the molecule is CC(NCCC(=O)O)c1cc(Cl)ccc1Cl. The van der Waals surface area contributed by atoms with E-state index in [9.17, 15) is 4.79 Å². The van der Waals surface area contributed by atoms with Crippen LogP contribution in [0.2, 0.25) is 10.0 Å². The fraction of sp³-hybridized carbons (Fsp3) is 0.364. The Hall–Kier alpha value is -0.770. The first kappa shape index (κ1) is 13.3. The molecule has 0 aliphatic carbocycles. The van der Waals surface area contributed by atoms with Crippen molar-refractivity contribution in [3.8, 4) is 0 Å². The molecule has 0 bridgehead atoms. The lowest BCUT2D eigenvalue weighted by molar-refractivity contribution is -0.136. The van der Waals surface area contributed by atoms with Crippen molar-refractivity contribution in [3.05, 3.63) is 33.8 Å². The van der Waals surface area contributed by atoms with Crippen molar-refractivity contribution in [2.45, 2.75) is 19.4 Å². The van der Waals surface area contributed by atoms with Gasteiger partial charge in [-0.05, 0) is 30.7 Å². The Morgan fingerprint density at radius 2 is 2.19 bits per heavy atom. The van der Waals surface area contributed by atoms with Gasteiger partial charge >= 0.3 is 5.97 Å². The topological polar surface area (TPSA) is 49.3 Å². The van der Waals surface area contributed by atoms with Crippen molar-refractivity contribution in [1.82, 2.24) is 5.32 Å². The Kier molecular flexibility index (Phi) is 5.06. The van der Waals surface area contributed by atoms with Crippen LogP contribution in [0.25, 0.3) is 0 Å². The second kappa shape index (κ2) is 6.09. The molecule has 1 unspecified atom stereocenters. The number of benzene rings is 1. The van der Waals surface area contributed by atoms with Gasteiger partial charge in [0.25, 0.3) is 0 Å². The standard InChI is InChI=1S/C11H13Cl2NO2/c1-7(14-5-4-11(15)16)9-6-8(12)2-3-10(9)13/h2-3,6-7,14H,4-5H2,1H3,(H,15,16). The summed E-state index contributed by atoms with van der Waals surface area (Å²) in [5.74, 6) is -0.822. The molecule has 1 atom stereocenters. The number of nitrogens with one attached hydrogen (secondary N) is 1. The van der Waals surface area contributed by atoms with Crippen LogP contribution in [0.5, 0.6) is 0 Å². The van der Waals surface area contributed by atoms with Gasteiger partial charge in [-0.25, -0.2) is 0 Å². The highest BCUT2D eigenvalue weighted by Gasteiger charge is 2.10. The lowest BCUT2D eigenvalue weighted by Crippen LogP contribution is -2.22. The molecule has 5 heteroatoms. The summed E-state index contributed by atoms with van der Waals surface area (Å²) >= 11 is 11.9. The van der Waals surface area contributed by atoms with Gasteiger partial charge in [0.2, 0.25) is 0 Å². The van der Waals surface area contributed by atoms with Crippen LogP contribution in [0.3, 0.4) is 0 Å². The van der Waals surface area contributed by atoms with Crippen molar-refractivity contribution in [2.75, 3.05) is 6.54 Å². The highest BCUT2D eigenvalue weighted by Crippen LogP contribution is 2.25. The van der Waals surface area contributed by atoms with Gasteiger partial charge in [-0.2, -0.15) is 0 Å². The lowest BCUT2D eigenvalue weighted by Gasteiger charge is -2.15. The second-order valence-electron chi connectivity index (χ2n) is 3.49. The van der Waals surface area contributed by atoms with E-state index in [-0.39, 0.29) is 12.5 Å². The number of rotatable bonds is 5. The van der Waals surface area contributed by atoms with Gasteiger partial charge in [-0.15, -0.1) is 0 Å². The predicted octanol–water partition coefficient (Wildman–Crippen LogP) is 3.12. The summed E-state index contributed by atoms with van der Waals surface area (Å²) in [5, 5.41) is 12.8. The Morgan fingerprint density at radius 1 is 1.50 bits per heavy atom. The third-order valence-corrected chi connectivity index (χ3v) is 2.79. The normalized spacial score (nSPS) is 12.4. The van der Waals surface area contributed by atoms with Crippen LogP contribution in [0.15, 0.2) is 18.2 Å². The molecule has 0 aliphatic heterocycles. The van der Waals surface area contributed by atoms with E-state index in [4.69, 9.17) is 28.3 Å². The minimum Gasteiger partial charge on any atom is -0.481 e. The van der Waals surface area contributed by atoms with E-state index in [1.165, 1.54) is 0 Å². The third kappa shape index (κ3) is 4.00. The largest absolute Gasteiger partial charge is 0.481 e. The Bertz CT molecular complexity index is 382. The summed E-state index contributed by atoms with van der Waals surface area (Å²) in [7, 11) is 0. The Labute approximate surface area is 104 Å². The van der Waals surface area contributed by atoms with E-state index in [0.717, 1.165) is 5.56 Å². The van der Waals surface area contributed by atoms with Gasteiger partial charge in [0.1, 0.15) is 0 Å². The van der Waals surface area contributed by atoms with E-state index in [1.807, 2.05) is 6.92 Å². The first-order valence-electron chi connectivity index (χ1n) is 4.91. The summed E-state index contributed by atoms with van der Waals surface area (Å²) in [5.41, 5.74) is 0.875. The number of hydrogen-bond acceptors (Lipinski definition) is 2. The fourth-order valence-electron chi connectivity index (χ4n) is 1.35. The zero-order valence-electron chi connectivity index (χ0n) is 8.84. The highest BCUT2D eigenvalue weighted by molar-refractivity contribution is 6.33. The van der Waals surface area contributed by atoms with Crippen molar-refractivity contribution >= 4 is 29.2 Å². The molecular formula is C11H13Cl2NO2. The predicted molar refractivity (Wildman–Crippen MR) is 65.1 cm³/mol. The molecule has 0 amide bonds. The zero-order valence-corrected chi connectivity index (χ0v) is 10.3. The second-order valence-corrected chi connectivity index (χ2v) is 4.33. The van der Waals surface area contributed by atoms with Crippen LogP contribution in [0, 0.1) is 0 Å². The van der Waals surface area contributed by atoms with Gasteiger partial charge in [-0.3, -0.25) is 4.79 Å². The van der Waals surface area contributed by atoms with E-state index >= 15 is 0 Å². The number of carboxylic acids is 1. The molecule has 0 fully saturated rings. The number of carbonyl (C=O) groups is 1. The van der Waals surface area contributed by atoms with Crippen molar-refractivity contribution in [3.63, 3.8) is 0 Å². The van der Waals surface area contributed by atoms with Gasteiger partial charge in [0.15, 0.2) is 0 Å². The van der Waals surface area contributed by atoms with Gasteiger partial charge in [0.05, 0.1) is 6.42 Å². The number of carboxylic acid groups (broad SMARTS) is 1. The summed E-state index contributed by atoms with van der Waals surface area (Å²) in [6.45, 7) is 2.32. The fourth-order valence-corrected chi connectivity index (χ4v) is 1.81. The maximum Gasteiger partial charge on any atom is 0.304 e. The maximum absolute atomic E-state index is 10.4.